The monoisotopic (exact) mass is 336 g/mol. The number of aromatic nitrogens is 2. The van der Waals surface area contributed by atoms with E-state index in [1.165, 1.54) is 6.21 Å². The van der Waals surface area contributed by atoms with Crippen LogP contribution >= 0.6 is 0 Å². The summed E-state index contributed by atoms with van der Waals surface area (Å²) in [6.45, 7) is 0. The van der Waals surface area contributed by atoms with E-state index in [-0.39, 0.29) is 11.4 Å². The van der Waals surface area contributed by atoms with Crippen molar-refractivity contribution in [2.24, 2.45) is 5.10 Å². The van der Waals surface area contributed by atoms with E-state index in [1.807, 2.05) is 24.3 Å². The van der Waals surface area contributed by atoms with E-state index < -0.39 is 5.91 Å². The highest BCUT2D eigenvalue weighted by atomic mass is 16.5. The van der Waals surface area contributed by atoms with Gasteiger partial charge in [0, 0.05) is 11.1 Å². The smallest absolute Gasteiger partial charge is 0.289 e. The lowest BCUT2D eigenvalue weighted by atomic mass is 10.1. The molecular formula is C18H16N4O3. The predicted molar refractivity (Wildman–Crippen MR) is 93.7 cm³/mol. The zero-order valence-electron chi connectivity index (χ0n) is 13.4. The van der Waals surface area contributed by atoms with E-state index in [2.05, 4.69) is 20.7 Å². The Bertz CT molecular complexity index is 918. The van der Waals surface area contributed by atoms with Crippen LogP contribution in [-0.4, -0.2) is 34.5 Å². The van der Waals surface area contributed by atoms with Gasteiger partial charge in [0.05, 0.1) is 19.0 Å². The topological polar surface area (TPSA) is 99.6 Å². The molecule has 1 aromatic heterocycles. The molecular weight excluding hydrogens is 320 g/mol. The summed E-state index contributed by atoms with van der Waals surface area (Å²) in [5.74, 6) is 0.356. The Morgan fingerprint density at radius 1 is 1.24 bits per heavy atom. The lowest BCUT2D eigenvalue weighted by Gasteiger charge is -2.01. The van der Waals surface area contributed by atoms with Gasteiger partial charge in [0.2, 0.25) is 0 Å². The average molecular weight is 336 g/mol. The summed E-state index contributed by atoms with van der Waals surface area (Å²) in [5.41, 5.74) is 4.61. The van der Waals surface area contributed by atoms with Crippen molar-refractivity contribution < 1.29 is 14.6 Å². The maximum absolute atomic E-state index is 12.1. The van der Waals surface area contributed by atoms with Crippen molar-refractivity contribution in [1.29, 1.82) is 0 Å². The number of benzene rings is 2. The Balaban J connectivity index is 1.69. The van der Waals surface area contributed by atoms with Crippen LogP contribution in [0.25, 0.3) is 11.3 Å². The summed E-state index contributed by atoms with van der Waals surface area (Å²) in [5, 5.41) is 20.3. The molecule has 7 heteroatoms. The first kappa shape index (κ1) is 16.3. The lowest BCUT2D eigenvalue weighted by molar-refractivity contribution is 0.0950. The maximum Gasteiger partial charge on any atom is 0.289 e. The van der Waals surface area contributed by atoms with Crippen LogP contribution in [0.2, 0.25) is 0 Å². The Kier molecular flexibility index (Phi) is 4.75. The summed E-state index contributed by atoms with van der Waals surface area (Å²) in [6.07, 6.45) is 1.37. The normalized spacial score (nSPS) is 10.8. The van der Waals surface area contributed by atoms with Gasteiger partial charge in [-0.1, -0.05) is 24.3 Å². The second-order valence-corrected chi connectivity index (χ2v) is 5.16. The summed E-state index contributed by atoms with van der Waals surface area (Å²) in [4.78, 5) is 12.1. The average Bonchev–Trinajstić information content (AvgIpc) is 3.13. The molecule has 0 aliphatic carbocycles. The zero-order valence-corrected chi connectivity index (χ0v) is 13.4. The Morgan fingerprint density at radius 3 is 2.88 bits per heavy atom. The summed E-state index contributed by atoms with van der Waals surface area (Å²) < 4.78 is 5.18. The first-order chi connectivity index (χ1) is 12.2. The van der Waals surface area contributed by atoms with Crippen LogP contribution in [0.5, 0.6) is 11.5 Å². The van der Waals surface area contributed by atoms with Crippen LogP contribution in [0.4, 0.5) is 0 Å². The quantitative estimate of drug-likeness (QED) is 0.492. The molecule has 3 N–H and O–H groups in total. The van der Waals surface area contributed by atoms with Gasteiger partial charge in [-0.2, -0.15) is 10.2 Å². The molecule has 0 aliphatic heterocycles. The number of phenols is 1. The molecule has 0 aliphatic rings. The largest absolute Gasteiger partial charge is 0.507 e. The molecule has 0 saturated carbocycles. The number of carbonyl (C=O) groups excluding carboxylic acids is 1. The van der Waals surface area contributed by atoms with Crippen LogP contribution in [0, 0.1) is 0 Å². The van der Waals surface area contributed by atoms with Crippen LogP contribution in [0.1, 0.15) is 16.1 Å². The molecule has 0 atom stereocenters. The maximum atomic E-state index is 12.1. The third-order valence-corrected chi connectivity index (χ3v) is 3.49. The molecule has 3 aromatic rings. The number of hydrogen-bond donors (Lipinski definition) is 3. The first-order valence-corrected chi connectivity index (χ1v) is 7.48. The number of hydrazone groups is 1. The summed E-state index contributed by atoms with van der Waals surface area (Å²) >= 11 is 0. The van der Waals surface area contributed by atoms with E-state index in [1.54, 1.807) is 37.4 Å². The molecule has 126 valence electrons. The fourth-order valence-electron chi connectivity index (χ4n) is 2.19. The molecule has 0 bridgehead atoms. The van der Waals surface area contributed by atoms with Crippen molar-refractivity contribution in [3.63, 3.8) is 0 Å². The number of H-pyrrole nitrogens is 1. The van der Waals surface area contributed by atoms with E-state index in [9.17, 15) is 9.90 Å². The second-order valence-electron chi connectivity index (χ2n) is 5.16. The van der Waals surface area contributed by atoms with Crippen LogP contribution in [-0.2, 0) is 0 Å². The number of phenolic OH excluding ortho intramolecular Hbond substituents is 1. The van der Waals surface area contributed by atoms with Gasteiger partial charge >= 0.3 is 0 Å². The zero-order chi connectivity index (χ0) is 17.6. The summed E-state index contributed by atoms with van der Waals surface area (Å²) in [7, 11) is 1.59. The molecule has 0 unspecified atom stereocenters. The highest BCUT2D eigenvalue weighted by Crippen LogP contribution is 2.22. The number of rotatable bonds is 5. The number of para-hydroxylation sites is 1. The number of aromatic amines is 1. The van der Waals surface area contributed by atoms with Gasteiger partial charge in [0.25, 0.3) is 5.91 Å². The number of methoxy groups -OCH3 is 1. The van der Waals surface area contributed by atoms with Gasteiger partial charge in [-0.05, 0) is 30.3 Å². The van der Waals surface area contributed by atoms with Crippen LogP contribution in [0.3, 0.4) is 0 Å². The van der Waals surface area contributed by atoms with Crippen molar-refractivity contribution in [3.8, 4) is 22.8 Å². The van der Waals surface area contributed by atoms with E-state index in [0.717, 1.165) is 5.56 Å². The SMILES string of the molecule is COc1cccc(-c2cc(C(=O)NN=Cc3ccccc3O)[nH]n2)c1. The van der Waals surface area contributed by atoms with Crippen LogP contribution in [0.15, 0.2) is 59.7 Å². The summed E-state index contributed by atoms with van der Waals surface area (Å²) in [6, 6.07) is 15.7. The molecule has 3 rings (SSSR count). The molecule has 0 fully saturated rings. The van der Waals surface area contributed by atoms with Crippen molar-refractivity contribution in [3.05, 3.63) is 65.9 Å². The highest BCUT2D eigenvalue weighted by Gasteiger charge is 2.11. The predicted octanol–water partition coefficient (Wildman–Crippen LogP) is 2.55. The minimum atomic E-state index is -0.437. The third-order valence-electron chi connectivity index (χ3n) is 3.49. The molecule has 0 radical (unpaired) electrons. The Labute approximate surface area is 144 Å². The molecule has 2 aromatic carbocycles. The fraction of sp³-hybridized carbons (Fsp3) is 0.0556. The molecule has 0 saturated heterocycles. The molecule has 1 heterocycles. The Morgan fingerprint density at radius 2 is 2.08 bits per heavy atom. The third kappa shape index (κ3) is 3.84. The molecule has 1 amide bonds. The number of nitrogens with one attached hydrogen (secondary N) is 2. The van der Waals surface area contributed by atoms with Gasteiger partial charge in [0.15, 0.2) is 0 Å². The van der Waals surface area contributed by atoms with Crippen molar-refractivity contribution in [2.75, 3.05) is 7.11 Å². The second kappa shape index (κ2) is 7.31. The minimum Gasteiger partial charge on any atom is -0.507 e. The number of hydrogen-bond acceptors (Lipinski definition) is 5. The highest BCUT2D eigenvalue weighted by molar-refractivity contribution is 5.94. The van der Waals surface area contributed by atoms with Gasteiger partial charge in [-0.15, -0.1) is 0 Å². The van der Waals surface area contributed by atoms with Crippen LogP contribution < -0.4 is 10.2 Å². The standard InChI is InChI=1S/C18H16N4O3/c1-25-14-7-4-6-12(9-14)15-10-16(21-20-15)18(24)22-19-11-13-5-2-3-8-17(13)23/h2-11,23H,1H3,(H,20,21)(H,22,24). The molecule has 7 nitrogen and oxygen atoms in total. The van der Waals surface area contributed by atoms with E-state index in [0.29, 0.717) is 17.0 Å². The van der Waals surface area contributed by atoms with Crippen molar-refractivity contribution in [1.82, 2.24) is 15.6 Å². The van der Waals surface area contributed by atoms with Gasteiger partial charge < -0.3 is 9.84 Å². The van der Waals surface area contributed by atoms with Gasteiger partial charge in [-0.25, -0.2) is 5.43 Å². The first-order valence-electron chi connectivity index (χ1n) is 7.48. The van der Waals surface area contributed by atoms with Gasteiger partial charge in [-0.3, -0.25) is 9.89 Å². The van der Waals surface area contributed by atoms with Gasteiger partial charge in [0.1, 0.15) is 17.2 Å². The number of nitrogens with zero attached hydrogens (tertiary/aromatic N) is 2. The molecule has 0 spiro atoms. The Hall–Kier alpha value is -3.61. The number of carbonyl (C=O) groups is 1. The minimum absolute atomic E-state index is 0.0855. The van der Waals surface area contributed by atoms with Crippen molar-refractivity contribution >= 4 is 12.1 Å². The number of aromatic hydroxyl groups is 1. The number of ether oxygens (including phenoxy) is 1. The molecule has 25 heavy (non-hydrogen) atoms. The van der Waals surface area contributed by atoms with E-state index >= 15 is 0 Å². The fourth-order valence-corrected chi connectivity index (χ4v) is 2.19. The van der Waals surface area contributed by atoms with Crippen molar-refractivity contribution in [2.45, 2.75) is 0 Å². The van der Waals surface area contributed by atoms with E-state index in [4.69, 9.17) is 4.74 Å². The lowest BCUT2D eigenvalue weighted by Crippen LogP contribution is -2.18. The number of amides is 1.